The van der Waals surface area contributed by atoms with Gasteiger partial charge in [-0.3, -0.25) is 9.59 Å². The summed E-state index contributed by atoms with van der Waals surface area (Å²) in [4.78, 5) is 41.1. The number of amides is 2. The number of aromatic amines is 1. The van der Waals surface area contributed by atoms with Gasteiger partial charge in [-0.15, -0.1) is 0 Å². The summed E-state index contributed by atoms with van der Waals surface area (Å²) in [6.07, 6.45) is 0.438. The molecule has 0 saturated heterocycles. The average molecular weight is 448 g/mol. The van der Waals surface area contributed by atoms with E-state index in [9.17, 15) is 14.4 Å². The van der Waals surface area contributed by atoms with E-state index in [4.69, 9.17) is 4.74 Å². The standard InChI is InChI=1S/C26H29N3O4/c1-16(2)33-26(32)22-17(3)23(28-18(22)4)25(31)29-21-13-9-8-12-20(21)24(30)27-15-14-19-10-6-5-7-11-19/h5-13,16,28H,14-15H2,1-4H3,(H,27,30)(H,29,31). The summed E-state index contributed by atoms with van der Waals surface area (Å²) in [6, 6.07) is 16.7. The van der Waals surface area contributed by atoms with Gasteiger partial charge in [-0.1, -0.05) is 42.5 Å². The van der Waals surface area contributed by atoms with Crippen molar-refractivity contribution in [2.75, 3.05) is 11.9 Å². The fourth-order valence-electron chi connectivity index (χ4n) is 3.59. The molecular formula is C26H29N3O4. The number of aryl methyl sites for hydroxylation is 1. The minimum Gasteiger partial charge on any atom is -0.459 e. The van der Waals surface area contributed by atoms with Gasteiger partial charge in [0.15, 0.2) is 0 Å². The molecule has 2 aromatic carbocycles. The minimum absolute atomic E-state index is 0.252. The summed E-state index contributed by atoms with van der Waals surface area (Å²) in [5.41, 5.74) is 3.53. The molecule has 2 amide bonds. The Bertz CT molecular complexity index is 1150. The van der Waals surface area contributed by atoms with E-state index in [1.807, 2.05) is 30.3 Å². The molecule has 0 fully saturated rings. The van der Waals surface area contributed by atoms with Crippen LogP contribution in [0.1, 0.15) is 61.9 Å². The number of anilines is 1. The van der Waals surface area contributed by atoms with E-state index in [0.29, 0.717) is 41.0 Å². The molecule has 1 aromatic heterocycles. The van der Waals surface area contributed by atoms with Gasteiger partial charge in [0.05, 0.1) is 22.9 Å². The Morgan fingerprint density at radius 1 is 0.939 bits per heavy atom. The molecule has 0 atom stereocenters. The van der Waals surface area contributed by atoms with Gasteiger partial charge >= 0.3 is 5.97 Å². The molecule has 0 aliphatic rings. The lowest BCUT2D eigenvalue weighted by Crippen LogP contribution is -2.27. The van der Waals surface area contributed by atoms with Crippen LogP contribution in [0.3, 0.4) is 0 Å². The van der Waals surface area contributed by atoms with Crippen LogP contribution in [0.5, 0.6) is 0 Å². The monoisotopic (exact) mass is 447 g/mol. The molecule has 172 valence electrons. The largest absolute Gasteiger partial charge is 0.459 e. The van der Waals surface area contributed by atoms with Gasteiger partial charge in [0.2, 0.25) is 0 Å². The molecule has 0 saturated carbocycles. The molecule has 0 aliphatic carbocycles. The normalized spacial score (nSPS) is 10.7. The number of nitrogens with one attached hydrogen (secondary N) is 3. The van der Waals surface area contributed by atoms with E-state index in [1.165, 1.54) is 0 Å². The number of para-hydroxylation sites is 1. The van der Waals surface area contributed by atoms with Crippen LogP contribution in [0.15, 0.2) is 54.6 Å². The van der Waals surface area contributed by atoms with Crippen molar-refractivity contribution in [3.63, 3.8) is 0 Å². The molecule has 0 radical (unpaired) electrons. The molecule has 3 aromatic rings. The summed E-state index contributed by atoms with van der Waals surface area (Å²) in [7, 11) is 0. The first kappa shape index (κ1) is 23.8. The topological polar surface area (TPSA) is 100 Å². The number of carbonyl (C=O) groups excluding carboxylic acids is 3. The van der Waals surface area contributed by atoms with Crippen molar-refractivity contribution in [3.05, 3.63) is 88.2 Å². The highest BCUT2D eigenvalue weighted by Crippen LogP contribution is 2.22. The number of aromatic nitrogens is 1. The van der Waals surface area contributed by atoms with E-state index >= 15 is 0 Å². The zero-order valence-corrected chi connectivity index (χ0v) is 19.3. The van der Waals surface area contributed by atoms with Crippen molar-refractivity contribution in [1.82, 2.24) is 10.3 Å². The molecule has 3 rings (SSSR count). The number of esters is 1. The Morgan fingerprint density at radius 2 is 1.61 bits per heavy atom. The van der Waals surface area contributed by atoms with E-state index in [0.717, 1.165) is 5.56 Å². The van der Waals surface area contributed by atoms with Crippen molar-refractivity contribution in [3.8, 4) is 0 Å². The van der Waals surface area contributed by atoms with Gasteiger partial charge in [-0.2, -0.15) is 0 Å². The SMILES string of the molecule is Cc1[nH]c(C(=O)Nc2ccccc2C(=O)NCCc2ccccc2)c(C)c1C(=O)OC(C)C. The van der Waals surface area contributed by atoms with Crippen LogP contribution in [0.25, 0.3) is 0 Å². The lowest BCUT2D eigenvalue weighted by Gasteiger charge is -2.12. The van der Waals surface area contributed by atoms with E-state index in [2.05, 4.69) is 15.6 Å². The minimum atomic E-state index is -0.478. The lowest BCUT2D eigenvalue weighted by molar-refractivity contribution is 0.0376. The predicted molar refractivity (Wildman–Crippen MR) is 128 cm³/mol. The highest BCUT2D eigenvalue weighted by molar-refractivity contribution is 6.10. The average Bonchev–Trinajstić information content (AvgIpc) is 3.08. The molecule has 3 N–H and O–H groups in total. The van der Waals surface area contributed by atoms with Crippen molar-refractivity contribution in [1.29, 1.82) is 0 Å². The van der Waals surface area contributed by atoms with E-state index in [1.54, 1.807) is 52.0 Å². The first-order valence-corrected chi connectivity index (χ1v) is 10.9. The molecule has 0 bridgehead atoms. The molecular weight excluding hydrogens is 418 g/mol. The smallest absolute Gasteiger partial charge is 0.340 e. The molecule has 0 unspecified atom stereocenters. The fourth-order valence-corrected chi connectivity index (χ4v) is 3.59. The van der Waals surface area contributed by atoms with Crippen LogP contribution in [0, 0.1) is 13.8 Å². The number of H-pyrrole nitrogens is 1. The van der Waals surface area contributed by atoms with Gasteiger partial charge < -0.3 is 20.4 Å². The highest BCUT2D eigenvalue weighted by Gasteiger charge is 2.24. The highest BCUT2D eigenvalue weighted by atomic mass is 16.5. The third kappa shape index (κ3) is 5.88. The molecule has 33 heavy (non-hydrogen) atoms. The summed E-state index contributed by atoms with van der Waals surface area (Å²) in [6.45, 7) is 7.42. The van der Waals surface area contributed by atoms with Gasteiger partial charge in [0, 0.05) is 12.2 Å². The second-order valence-corrected chi connectivity index (χ2v) is 8.07. The second kappa shape index (κ2) is 10.6. The molecule has 7 nitrogen and oxygen atoms in total. The van der Waals surface area contributed by atoms with Gasteiger partial charge in [0.25, 0.3) is 11.8 Å². The van der Waals surface area contributed by atoms with Crippen LogP contribution < -0.4 is 10.6 Å². The van der Waals surface area contributed by atoms with Gasteiger partial charge in [-0.05, 0) is 57.4 Å². The number of ether oxygens (including phenoxy) is 1. The summed E-state index contributed by atoms with van der Waals surface area (Å²) < 4.78 is 5.29. The Hall–Kier alpha value is -3.87. The van der Waals surface area contributed by atoms with Crippen LogP contribution in [-0.4, -0.2) is 35.4 Å². The maximum Gasteiger partial charge on any atom is 0.340 e. The first-order chi connectivity index (χ1) is 15.8. The number of hydrogen-bond donors (Lipinski definition) is 3. The lowest BCUT2D eigenvalue weighted by atomic mass is 10.1. The van der Waals surface area contributed by atoms with Crippen LogP contribution in [0.4, 0.5) is 5.69 Å². The quantitative estimate of drug-likeness (QED) is 0.445. The van der Waals surface area contributed by atoms with Crippen molar-refractivity contribution < 1.29 is 19.1 Å². The van der Waals surface area contributed by atoms with Gasteiger partial charge in [0.1, 0.15) is 5.69 Å². The van der Waals surface area contributed by atoms with Crippen molar-refractivity contribution in [2.24, 2.45) is 0 Å². The fraction of sp³-hybridized carbons (Fsp3) is 0.269. The van der Waals surface area contributed by atoms with Crippen LogP contribution in [-0.2, 0) is 11.2 Å². The van der Waals surface area contributed by atoms with Crippen LogP contribution in [0.2, 0.25) is 0 Å². The zero-order chi connectivity index (χ0) is 24.0. The van der Waals surface area contributed by atoms with E-state index < -0.39 is 11.9 Å². The number of rotatable bonds is 8. The third-order valence-electron chi connectivity index (χ3n) is 5.17. The van der Waals surface area contributed by atoms with Crippen LogP contribution >= 0.6 is 0 Å². The summed E-state index contributed by atoms with van der Waals surface area (Å²) in [5.74, 6) is -1.19. The molecule has 0 spiro atoms. The van der Waals surface area contributed by atoms with Gasteiger partial charge in [-0.25, -0.2) is 4.79 Å². The predicted octanol–water partition coefficient (Wildman–Crippen LogP) is 4.42. The molecule has 1 heterocycles. The van der Waals surface area contributed by atoms with E-state index in [-0.39, 0.29) is 17.7 Å². The maximum absolute atomic E-state index is 13.0. The summed E-state index contributed by atoms with van der Waals surface area (Å²) >= 11 is 0. The Morgan fingerprint density at radius 3 is 2.30 bits per heavy atom. The summed E-state index contributed by atoms with van der Waals surface area (Å²) in [5, 5.41) is 5.69. The third-order valence-corrected chi connectivity index (χ3v) is 5.17. The number of hydrogen-bond acceptors (Lipinski definition) is 4. The number of carbonyl (C=O) groups is 3. The Kier molecular flexibility index (Phi) is 7.66. The Labute approximate surface area is 193 Å². The number of benzene rings is 2. The van der Waals surface area contributed by atoms with Crippen molar-refractivity contribution in [2.45, 2.75) is 40.2 Å². The Balaban J connectivity index is 1.72. The second-order valence-electron chi connectivity index (χ2n) is 8.07. The molecule has 0 aliphatic heterocycles. The zero-order valence-electron chi connectivity index (χ0n) is 19.3. The first-order valence-electron chi connectivity index (χ1n) is 10.9. The van der Waals surface area contributed by atoms with Crippen molar-refractivity contribution >= 4 is 23.5 Å². The maximum atomic E-state index is 13.0. The molecule has 7 heteroatoms.